The first-order valence-corrected chi connectivity index (χ1v) is 13.1. The van der Waals surface area contributed by atoms with Gasteiger partial charge < -0.3 is 15.5 Å². The van der Waals surface area contributed by atoms with E-state index in [1.54, 1.807) is 0 Å². The van der Waals surface area contributed by atoms with E-state index in [-0.39, 0.29) is 29.9 Å². The van der Waals surface area contributed by atoms with Crippen LogP contribution >= 0.6 is 35.7 Å². The second-order valence-corrected chi connectivity index (χ2v) is 10.6. The smallest absolute Gasteiger partial charge is 0.234 e. The largest absolute Gasteiger partial charge is 0.354 e. The molecule has 7 nitrogen and oxygen atoms in total. The van der Waals surface area contributed by atoms with Crippen LogP contribution in [0.3, 0.4) is 0 Å². The maximum absolute atomic E-state index is 12.1. The van der Waals surface area contributed by atoms with Crippen molar-refractivity contribution in [3.63, 3.8) is 0 Å². The summed E-state index contributed by atoms with van der Waals surface area (Å²) in [7, 11) is 1.91. The Morgan fingerprint density at radius 2 is 1.71 bits per heavy atom. The fraction of sp³-hybridized carbons (Fsp3) is 0.909. The molecular formula is C22H41IN6OS. The van der Waals surface area contributed by atoms with E-state index >= 15 is 0 Å². The summed E-state index contributed by atoms with van der Waals surface area (Å²) in [5, 5.41) is 6.87. The number of hydrogen-bond donors (Lipinski definition) is 2. The first kappa shape index (κ1) is 25.4. The highest BCUT2D eigenvalue weighted by molar-refractivity contribution is 14.0. The average Bonchev–Trinajstić information content (AvgIpc) is 3.60. The molecule has 31 heavy (non-hydrogen) atoms. The van der Waals surface area contributed by atoms with Crippen LogP contribution in [0.25, 0.3) is 0 Å². The fourth-order valence-corrected chi connectivity index (χ4v) is 6.15. The Hall–Kier alpha value is -0.260. The SMILES string of the molecule is CN=C(NCC1(N2CCSCC2)CCCCC1)N1CCN(CC(=O)NC2CC2)CC1.I. The summed E-state index contributed by atoms with van der Waals surface area (Å²) in [6, 6.07) is 0.451. The number of thioether (sulfide) groups is 1. The van der Waals surface area contributed by atoms with Crippen molar-refractivity contribution in [2.24, 2.45) is 4.99 Å². The second-order valence-electron chi connectivity index (χ2n) is 9.39. The van der Waals surface area contributed by atoms with Crippen molar-refractivity contribution in [3.05, 3.63) is 0 Å². The van der Waals surface area contributed by atoms with E-state index in [0.29, 0.717) is 18.1 Å². The molecule has 0 spiro atoms. The summed E-state index contributed by atoms with van der Waals surface area (Å²) in [6.45, 7) is 7.72. The molecule has 2 aliphatic heterocycles. The van der Waals surface area contributed by atoms with Gasteiger partial charge in [-0.05, 0) is 25.7 Å². The van der Waals surface area contributed by atoms with E-state index in [1.807, 2.05) is 7.05 Å². The number of carbonyl (C=O) groups excluding carboxylic acids is 1. The van der Waals surface area contributed by atoms with Crippen molar-refractivity contribution >= 4 is 47.6 Å². The Bertz CT molecular complexity index is 597. The molecule has 4 aliphatic rings. The molecule has 2 saturated heterocycles. The van der Waals surface area contributed by atoms with E-state index in [0.717, 1.165) is 51.5 Å². The standard InChI is InChI=1S/C22H40N6OS.HI/c1-23-21(27-11-9-26(10-12-27)17-20(29)25-19-5-6-19)24-18-22(7-3-2-4-8-22)28-13-15-30-16-14-28;/h19H,2-18H2,1H3,(H,23,24)(H,25,29);1H. The predicted octanol–water partition coefficient (Wildman–Crippen LogP) is 1.83. The van der Waals surface area contributed by atoms with Crippen LogP contribution in [0.2, 0.25) is 0 Å². The van der Waals surface area contributed by atoms with Crippen LogP contribution in [0.5, 0.6) is 0 Å². The van der Waals surface area contributed by atoms with Crippen LogP contribution < -0.4 is 10.6 Å². The van der Waals surface area contributed by atoms with Crippen molar-refractivity contribution in [1.29, 1.82) is 0 Å². The Morgan fingerprint density at radius 3 is 2.32 bits per heavy atom. The Kier molecular flexibility index (Phi) is 10.0. The van der Waals surface area contributed by atoms with Gasteiger partial charge in [0.2, 0.25) is 5.91 Å². The number of halogens is 1. The first-order valence-electron chi connectivity index (χ1n) is 12.0. The van der Waals surface area contributed by atoms with Gasteiger partial charge in [0.15, 0.2) is 5.96 Å². The molecule has 2 N–H and O–H groups in total. The lowest BCUT2D eigenvalue weighted by Crippen LogP contribution is -2.61. The lowest BCUT2D eigenvalue weighted by molar-refractivity contribution is -0.122. The van der Waals surface area contributed by atoms with Gasteiger partial charge in [0, 0.05) is 75.9 Å². The zero-order valence-electron chi connectivity index (χ0n) is 19.1. The number of rotatable bonds is 6. The lowest BCUT2D eigenvalue weighted by atomic mass is 9.80. The molecule has 0 radical (unpaired) electrons. The zero-order valence-corrected chi connectivity index (χ0v) is 22.3. The van der Waals surface area contributed by atoms with Gasteiger partial charge in [-0.3, -0.25) is 19.6 Å². The maximum Gasteiger partial charge on any atom is 0.234 e. The molecule has 9 heteroatoms. The molecule has 0 bridgehead atoms. The van der Waals surface area contributed by atoms with Gasteiger partial charge >= 0.3 is 0 Å². The Labute approximate surface area is 209 Å². The number of nitrogens with one attached hydrogen (secondary N) is 2. The number of piperazine rings is 1. The fourth-order valence-electron chi connectivity index (χ4n) is 5.25. The quantitative estimate of drug-likeness (QED) is 0.292. The minimum Gasteiger partial charge on any atom is -0.354 e. The van der Waals surface area contributed by atoms with Crippen LogP contribution in [-0.4, -0.2) is 109 Å². The highest BCUT2D eigenvalue weighted by Gasteiger charge is 2.39. The molecule has 178 valence electrons. The average molecular weight is 565 g/mol. The number of hydrogen-bond acceptors (Lipinski definition) is 5. The van der Waals surface area contributed by atoms with Crippen molar-refractivity contribution in [1.82, 2.24) is 25.3 Å². The summed E-state index contributed by atoms with van der Waals surface area (Å²) < 4.78 is 0. The van der Waals surface area contributed by atoms with Gasteiger partial charge in [-0.1, -0.05) is 19.3 Å². The molecule has 1 amide bonds. The third-order valence-electron chi connectivity index (χ3n) is 7.24. The normalized spacial score (nSPS) is 25.6. The molecule has 2 saturated carbocycles. The molecule has 0 aromatic heterocycles. The van der Waals surface area contributed by atoms with Crippen molar-refractivity contribution in [3.8, 4) is 0 Å². The van der Waals surface area contributed by atoms with Crippen molar-refractivity contribution in [2.45, 2.75) is 56.5 Å². The molecule has 0 aromatic carbocycles. The molecule has 4 rings (SSSR count). The zero-order chi connectivity index (χ0) is 20.8. The van der Waals surface area contributed by atoms with E-state index in [2.05, 4.69) is 42.1 Å². The van der Waals surface area contributed by atoms with Gasteiger partial charge in [-0.15, -0.1) is 24.0 Å². The molecule has 0 unspecified atom stereocenters. The van der Waals surface area contributed by atoms with E-state index in [4.69, 9.17) is 0 Å². The van der Waals surface area contributed by atoms with Gasteiger partial charge in [0.1, 0.15) is 0 Å². The van der Waals surface area contributed by atoms with E-state index < -0.39 is 0 Å². The molecule has 2 heterocycles. The summed E-state index contributed by atoms with van der Waals surface area (Å²) in [4.78, 5) is 24.1. The van der Waals surface area contributed by atoms with Gasteiger partial charge in [-0.25, -0.2) is 0 Å². The Balaban J connectivity index is 0.00000272. The minimum absolute atomic E-state index is 0. The predicted molar refractivity (Wildman–Crippen MR) is 141 cm³/mol. The summed E-state index contributed by atoms with van der Waals surface area (Å²) in [5.41, 5.74) is 0.303. The summed E-state index contributed by atoms with van der Waals surface area (Å²) >= 11 is 2.10. The highest BCUT2D eigenvalue weighted by Crippen LogP contribution is 2.34. The summed E-state index contributed by atoms with van der Waals surface area (Å²) in [5.74, 6) is 3.76. The lowest BCUT2D eigenvalue weighted by Gasteiger charge is -2.49. The van der Waals surface area contributed by atoms with Crippen molar-refractivity contribution < 1.29 is 4.79 Å². The number of carbonyl (C=O) groups is 1. The molecule has 0 atom stereocenters. The summed E-state index contributed by atoms with van der Waals surface area (Å²) in [6.07, 6.45) is 9.02. The molecular weight excluding hydrogens is 523 g/mol. The Morgan fingerprint density at radius 1 is 1.03 bits per heavy atom. The number of nitrogens with zero attached hydrogens (tertiary/aromatic N) is 4. The minimum atomic E-state index is 0. The monoisotopic (exact) mass is 564 g/mol. The number of amides is 1. The van der Waals surface area contributed by atoms with Gasteiger partial charge in [0.25, 0.3) is 0 Å². The first-order chi connectivity index (χ1) is 14.7. The van der Waals surface area contributed by atoms with E-state index in [9.17, 15) is 4.79 Å². The second kappa shape index (κ2) is 12.3. The third-order valence-corrected chi connectivity index (χ3v) is 8.18. The van der Waals surface area contributed by atoms with E-state index in [1.165, 1.54) is 56.7 Å². The highest BCUT2D eigenvalue weighted by atomic mass is 127. The van der Waals surface area contributed by atoms with Gasteiger partial charge in [-0.2, -0.15) is 11.8 Å². The molecule has 4 fully saturated rings. The third kappa shape index (κ3) is 7.11. The maximum atomic E-state index is 12.1. The topological polar surface area (TPSA) is 63.2 Å². The number of aliphatic imine (C=N–C) groups is 1. The van der Waals surface area contributed by atoms with Crippen molar-refractivity contribution in [2.75, 3.05) is 70.9 Å². The van der Waals surface area contributed by atoms with Crippen LogP contribution in [0.15, 0.2) is 4.99 Å². The number of guanidine groups is 1. The molecule has 2 aliphatic carbocycles. The van der Waals surface area contributed by atoms with Crippen LogP contribution in [0, 0.1) is 0 Å². The van der Waals surface area contributed by atoms with Gasteiger partial charge in [0.05, 0.1) is 6.54 Å². The van der Waals surface area contributed by atoms with Crippen LogP contribution in [0.4, 0.5) is 0 Å². The molecule has 0 aromatic rings. The van der Waals surface area contributed by atoms with Crippen LogP contribution in [-0.2, 0) is 4.79 Å². The van der Waals surface area contributed by atoms with Crippen LogP contribution in [0.1, 0.15) is 44.9 Å².